The number of phenolic OH excluding ortho intramolecular Hbond substituents is 1. The molecule has 1 fully saturated rings. The van der Waals surface area contributed by atoms with Crippen LogP contribution in [0.15, 0.2) is 78.0 Å². The molecule has 198 valence electrons. The van der Waals surface area contributed by atoms with Crippen molar-refractivity contribution in [2.45, 2.75) is 19.0 Å². The van der Waals surface area contributed by atoms with E-state index in [1.165, 1.54) is 11.7 Å². The number of carbonyl (C=O) groups excluding carboxylic acids is 1. The first-order valence-electron chi connectivity index (χ1n) is 12.7. The van der Waals surface area contributed by atoms with E-state index in [1.807, 2.05) is 29.9 Å². The first-order chi connectivity index (χ1) is 18.9. The van der Waals surface area contributed by atoms with Crippen LogP contribution in [-0.4, -0.2) is 59.8 Å². The standard InChI is InChI=1S/C29H28N6O4/c1-32-15-13-30-26(32)18-33-14-11-22(17-33)34-27-24(4-3-12-31-27)35(29(34)38)23-10-9-21(16-25(23)36)19-5-7-20(8-6-19)28(37)39-2/h3-10,12-13,15-16,22,36H,11,14,17-18H2,1-2H3/t22-/m0/s1. The highest BCUT2D eigenvalue weighted by molar-refractivity contribution is 5.90. The highest BCUT2D eigenvalue weighted by Crippen LogP contribution is 2.32. The molecule has 1 atom stereocenters. The summed E-state index contributed by atoms with van der Waals surface area (Å²) >= 11 is 0. The van der Waals surface area contributed by atoms with Gasteiger partial charge in [0.1, 0.15) is 11.6 Å². The fourth-order valence-corrected chi connectivity index (χ4v) is 5.34. The number of benzene rings is 2. The minimum atomic E-state index is -0.411. The number of aromatic nitrogens is 5. The first kappa shape index (κ1) is 24.6. The van der Waals surface area contributed by atoms with Gasteiger partial charge in [-0.2, -0.15) is 0 Å². The van der Waals surface area contributed by atoms with Crippen LogP contribution < -0.4 is 5.69 Å². The van der Waals surface area contributed by atoms with Crippen LogP contribution in [0, 0.1) is 0 Å². The summed E-state index contributed by atoms with van der Waals surface area (Å²) in [5.74, 6) is 0.539. The van der Waals surface area contributed by atoms with Crippen molar-refractivity contribution in [3.05, 3.63) is 95.1 Å². The SMILES string of the molecule is COC(=O)c1ccc(-c2ccc(-n3c(=O)n([C@H]4CCN(Cc5nccn5C)C4)c4ncccc43)c(O)c2)cc1. The van der Waals surface area contributed by atoms with Crippen molar-refractivity contribution < 1.29 is 14.6 Å². The minimum absolute atomic E-state index is 0.0302. The quantitative estimate of drug-likeness (QED) is 0.339. The number of hydrogen-bond donors (Lipinski definition) is 1. The molecular formula is C29H28N6O4. The van der Waals surface area contributed by atoms with Crippen molar-refractivity contribution in [2.24, 2.45) is 7.05 Å². The Morgan fingerprint density at radius 1 is 1.08 bits per heavy atom. The number of phenols is 1. The second-order valence-corrected chi connectivity index (χ2v) is 9.74. The monoisotopic (exact) mass is 524 g/mol. The zero-order chi connectivity index (χ0) is 27.1. The summed E-state index contributed by atoms with van der Waals surface area (Å²) in [4.78, 5) is 36.9. The molecule has 4 heterocycles. The summed E-state index contributed by atoms with van der Waals surface area (Å²) in [7, 11) is 3.32. The number of ether oxygens (including phenoxy) is 1. The highest BCUT2D eigenvalue weighted by Gasteiger charge is 2.30. The number of pyridine rings is 1. The Bertz CT molecular complexity index is 1730. The van der Waals surface area contributed by atoms with E-state index in [1.54, 1.807) is 59.4 Å². The molecule has 0 unspecified atom stereocenters. The van der Waals surface area contributed by atoms with Gasteiger partial charge in [0, 0.05) is 38.7 Å². The van der Waals surface area contributed by atoms with E-state index < -0.39 is 5.97 Å². The highest BCUT2D eigenvalue weighted by atomic mass is 16.5. The average molecular weight is 525 g/mol. The summed E-state index contributed by atoms with van der Waals surface area (Å²) < 4.78 is 10.1. The van der Waals surface area contributed by atoms with Crippen molar-refractivity contribution in [1.82, 2.24) is 28.6 Å². The van der Waals surface area contributed by atoms with Crippen LogP contribution in [0.25, 0.3) is 28.0 Å². The van der Waals surface area contributed by atoms with Crippen molar-refractivity contribution >= 4 is 17.1 Å². The van der Waals surface area contributed by atoms with Crippen molar-refractivity contribution in [2.75, 3.05) is 20.2 Å². The Balaban J connectivity index is 1.34. The van der Waals surface area contributed by atoms with Crippen LogP contribution in [0.4, 0.5) is 0 Å². The number of methoxy groups -OCH3 is 1. The van der Waals surface area contributed by atoms with Gasteiger partial charge in [-0.05, 0) is 53.9 Å². The van der Waals surface area contributed by atoms with Gasteiger partial charge in [-0.3, -0.25) is 14.0 Å². The van der Waals surface area contributed by atoms with Gasteiger partial charge in [0.15, 0.2) is 5.65 Å². The molecule has 3 aromatic heterocycles. The Kier molecular flexibility index (Phi) is 6.24. The van der Waals surface area contributed by atoms with Crippen LogP contribution in [0.2, 0.25) is 0 Å². The van der Waals surface area contributed by atoms with E-state index >= 15 is 0 Å². The van der Waals surface area contributed by atoms with E-state index in [4.69, 9.17) is 4.74 Å². The lowest BCUT2D eigenvalue weighted by Gasteiger charge is -2.16. The van der Waals surface area contributed by atoms with Gasteiger partial charge < -0.3 is 14.4 Å². The van der Waals surface area contributed by atoms with Gasteiger partial charge in [-0.15, -0.1) is 0 Å². The smallest absolute Gasteiger partial charge is 0.337 e. The number of aryl methyl sites for hydroxylation is 1. The normalized spacial score (nSPS) is 15.7. The molecule has 1 saturated heterocycles. The fourth-order valence-electron chi connectivity index (χ4n) is 5.34. The molecule has 10 nitrogen and oxygen atoms in total. The summed E-state index contributed by atoms with van der Waals surface area (Å²) in [5, 5.41) is 11.1. The molecule has 0 bridgehead atoms. The molecule has 10 heteroatoms. The van der Waals surface area contributed by atoms with Crippen LogP contribution in [0.1, 0.15) is 28.6 Å². The number of rotatable bonds is 6. The molecule has 39 heavy (non-hydrogen) atoms. The van der Waals surface area contributed by atoms with Gasteiger partial charge in [0.2, 0.25) is 0 Å². The van der Waals surface area contributed by atoms with Crippen molar-refractivity contribution in [3.63, 3.8) is 0 Å². The Morgan fingerprint density at radius 2 is 1.87 bits per heavy atom. The zero-order valence-electron chi connectivity index (χ0n) is 21.7. The van der Waals surface area contributed by atoms with Gasteiger partial charge in [0.05, 0.1) is 36.5 Å². The maximum atomic E-state index is 13.9. The molecule has 0 radical (unpaired) electrons. The second-order valence-electron chi connectivity index (χ2n) is 9.74. The Labute approximate surface area is 224 Å². The molecule has 0 aliphatic carbocycles. The zero-order valence-corrected chi connectivity index (χ0v) is 21.7. The van der Waals surface area contributed by atoms with Crippen molar-refractivity contribution in [1.29, 1.82) is 0 Å². The number of imidazole rings is 2. The third-order valence-corrected chi connectivity index (χ3v) is 7.39. The van der Waals surface area contributed by atoms with Gasteiger partial charge >= 0.3 is 11.7 Å². The molecule has 6 rings (SSSR count). The van der Waals surface area contributed by atoms with E-state index in [2.05, 4.69) is 14.9 Å². The van der Waals surface area contributed by atoms with Gasteiger partial charge in [-0.25, -0.2) is 19.6 Å². The molecular weight excluding hydrogens is 496 g/mol. The Hall–Kier alpha value is -4.70. The van der Waals surface area contributed by atoms with Crippen LogP contribution >= 0.6 is 0 Å². The molecule has 0 spiro atoms. The van der Waals surface area contributed by atoms with Crippen molar-refractivity contribution in [3.8, 4) is 22.6 Å². The number of fused-ring (bicyclic) bond motifs is 1. The minimum Gasteiger partial charge on any atom is -0.506 e. The molecule has 1 N–H and O–H groups in total. The van der Waals surface area contributed by atoms with E-state index in [0.29, 0.717) is 35.5 Å². The predicted molar refractivity (Wildman–Crippen MR) is 146 cm³/mol. The maximum absolute atomic E-state index is 13.9. The lowest BCUT2D eigenvalue weighted by Crippen LogP contribution is -2.29. The van der Waals surface area contributed by atoms with Gasteiger partial charge in [-0.1, -0.05) is 18.2 Å². The second kappa shape index (κ2) is 9.88. The van der Waals surface area contributed by atoms with Crippen LogP contribution in [0.5, 0.6) is 5.75 Å². The number of esters is 1. The molecule has 2 aromatic carbocycles. The molecule has 0 amide bonds. The summed E-state index contributed by atoms with van der Waals surface area (Å²) in [6.07, 6.45) is 6.22. The number of nitrogens with zero attached hydrogens (tertiary/aromatic N) is 6. The maximum Gasteiger partial charge on any atom is 0.337 e. The number of hydrogen-bond acceptors (Lipinski definition) is 7. The summed E-state index contributed by atoms with van der Waals surface area (Å²) in [5.41, 5.74) is 3.39. The third-order valence-electron chi connectivity index (χ3n) is 7.39. The number of aromatic hydroxyl groups is 1. The number of carbonyl (C=O) groups is 1. The molecule has 1 aliphatic rings. The Morgan fingerprint density at radius 3 is 2.59 bits per heavy atom. The van der Waals surface area contributed by atoms with Crippen LogP contribution in [-0.2, 0) is 18.3 Å². The molecule has 5 aromatic rings. The lowest BCUT2D eigenvalue weighted by molar-refractivity contribution is 0.0600. The third kappa shape index (κ3) is 4.38. The predicted octanol–water partition coefficient (Wildman–Crippen LogP) is 3.53. The van der Waals surface area contributed by atoms with Gasteiger partial charge in [0.25, 0.3) is 0 Å². The topological polar surface area (TPSA) is 107 Å². The molecule has 0 saturated carbocycles. The largest absolute Gasteiger partial charge is 0.506 e. The summed E-state index contributed by atoms with van der Waals surface area (Å²) in [6, 6.07) is 15.7. The van der Waals surface area contributed by atoms with E-state index in [-0.39, 0.29) is 17.5 Å². The number of likely N-dealkylation sites (tertiary alicyclic amines) is 1. The van der Waals surface area contributed by atoms with E-state index in [9.17, 15) is 14.7 Å². The fraction of sp³-hybridized carbons (Fsp3) is 0.241. The van der Waals surface area contributed by atoms with E-state index in [0.717, 1.165) is 29.9 Å². The summed E-state index contributed by atoms with van der Waals surface area (Å²) in [6.45, 7) is 2.26. The lowest BCUT2D eigenvalue weighted by atomic mass is 10.0. The van der Waals surface area contributed by atoms with Crippen LogP contribution in [0.3, 0.4) is 0 Å². The first-order valence-corrected chi connectivity index (χ1v) is 12.7. The average Bonchev–Trinajstić information content (AvgIpc) is 3.66. The molecule has 1 aliphatic heterocycles.